The molecule has 6 nitrogen and oxygen atoms in total. The highest BCUT2D eigenvalue weighted by Crippen LogP contribution is 2.25. The molecule has 0 bridgehead atoms. The minimum absolute atomic E-state index is 0. The highest BCUT2D eigenvalue weighted by Gasteiger charge is 2.29. The topological polar surface area (TPSA) is 74.1 Å². The van der Waals surface area contributed by atoms with E-state index in [1.807, 2.05) is 20.8 Å². The lowest BCUT2D eigenvalue weighted by Gasteiger charge is -2.18. The fourth-order valence-corrected chi connectivity index (χ4v) is 3.31. The van der Waals surface area contributed by atoms with Gasteiger partial charge in [0.05, 0.1) is 17.3 Å². The first-order valence-corrected chi connectivity index (χ1v) is 9.76. The summed E-state index contributed by atoms with van der Waals surface area (Å²) in [5.74, 6) is 0.464. The summed E-state index contributed by atoms with van der Waals surface area (Å²) in [6, 6.07) is 1.41. The van der Waals surface area contributed by atoms with Gasteiger partial charge in [-0.3, -0.25) is 4.74 Å². The van der Waals surface area contributed by atoms with Crippen LogP contribution >= 0.6 is 12.4 Å². The Balaban J connectivity index is 0.00000364. The molecule has 2 aromatic rings. The van der Waals surface area contributed by atoms with Crippen LogP contribution in [-0.2, 0) is 27.5 Å². The lowest BCUT2D eigenvalue weighted by molar-refractivity contribution is -0.325. The minimum atomic E-state index is -4.71. The largest absolute Gasteiger partial charge is 0.522 e. The van der Waals surface area contributed by atoms with Gasteiger partial charge in [0.15, 0.2) is 15.5 Å². The Morgan fingerprint density at radius 3 is 2.37 bits per heavy atom. The van der Waals surface area contributed by atoms with Gasteiger partial charge in [-0.05, 0) is 11.5 Å². The molecule has 2 rings (SSSR count). The summed E-state index contributed by atoms with van der Waals surface area (Å²) in [6.07, 6.45) is -3.01. The summed E-state index contributed by atoms with van der Waals surface area (Å²) in [4.78, 5) is 8.61. The van der Waals surface area contributed by atoms with E-state index in [4.69, 9.17) is 0 Å². The number of alkyl halides is 3. The first kappa shape index (κ1) is 23.6. The Hall–Kier alpha value is -1.39. The molecule has 0 amide bonds. The zero-order valence-electron chi connectivity index (χ0n) is 15.5. The predicted molar refractivity (Wildman–Crippen MR) is 97.7 cm³/mol. The van der Waals surface area contributed by atoms with E-state index in [1.54, 1.807) is 4.57 Å². The van der Waals surface area contributed by atoms with Crippen molar-refractivity contribution in [3.05, 3.63) is 18.1 Å². The highest BCUT2D eigenvalue weighted by molar-refractivity contribution is 7.91. The molecule has 0 aromatic carbocycles. The number of rotatable bonds is 6. The van der Waals surface area contributed by atoms with Crippen LogP contribution in [0.2, 0.25) is 0 Å². The molecular weight excluding hydrogens is 407 g/mol. The van der Waals surface area contributed by atoms with Crippen molar-refractivity contribution in [3.63, 3.8) is 0 Å². The average Bonchev–Trinajstić information content (AvgIpc) is 2.81. The van der Waals surface area contributed by atoms with Gasteiger partial charge in [-0.1, -0.05) is 27.7 Å². The van der Waals surface area contributed by atoms with Crippen LogP contribution < -0.4 is 0 Å². The molecule has 0 saturated heterocycles. The first-order chi connectivity index (χ1) is 11.8. The van der Waals surface area contributed by atoms with Crippen LogP contribution in [-0.4, -0.2) is 41.7 Å². The Kier molecular flexibility index (Phi) is 7.29. The first-order valence-electron chi connectivity index (χ1n) is 8.11. The van der Waals surface area contributed by atoms with E-state index in [9.17, 15) is 21.6 Å². The van der Waals surface area contributed by atoms with Crippen LogP contribution in [0.5, 0.6) is 0 Å². The molecule has 0 N–H and O–H groups in total. The van der Waals surface area contributed by atoms with Gasteiger partial charge in [0, 0.05) is 19.2 Å². The van der Waals surface area contributed by atoms with Crippen molar-refractivity contribution >= 4 is 33.4 Å². The molecule has 0 spiro atoms. The Morgan fingerprint density at radius 2 is 1.85 bits per heavy atom. The van der Waals surface area contributed by atoms with Crippen LogP contribution in [0.15, 0.2) is 17.2 Å². The maximum atomic E-state index is 12.3. The third-order valence-electron chi connectivity index (χ3n) is 3.65. The molecule has 0 saturated carbocycles. The third-order valence-corrected chi connectivity index (χ3v) is 5.35. The quantitative estimate of drug-likeness (QED) is 0.698. The van der Waals surface area contributed by atoms with Crippen molar-refractivity contribution in [1.82, 2.24) is 14.5 Å². The minimum Gasteiger partial charge on any atom is -0.310 e. The van der Waals surface area contributed by atoms with Crippen LogP contribution in [0.3, 0.4) is 0 Å². The summed E-state index contributed by atoms with van der Waals surface area (Å²) in [5.41, 5.74) is 0.512. The average molecular weight is 430 g/mol. The van der Waals surface area contributed by atoms with Gasteiger partial charge in [-0.2, -0.15) is 0 Å². The van der Waals surface area contributed by atoms with Crippen molar-refractivity contribution in [2.24, 2.45) is 5.41 Å². The predicted octanol–water partition coefficient (Wildman–Crippen LogP) is 3.77. The second-order valence-corrected chi connectivity index (χ2v) is 9.41. The summed E-state index contributed by atoms with van der Waals surface area (Å²) in [6.45, 7) is 6.78. The second-order valence-electron chi connectivity index (χ2n) is 7.13. The van der Waals surface area contributed by atoms with Crippen molar-refractivity contribution in [2.75, 3.05) is 12.4 Å². The molecule has 11 heteroatoms. The molecule has 2 heterocycles. The number of nitrogens with zero attached hydrogens (tertiary/aromatic N) is 3. The lowest BCUT2D eigenvalue weighted by Crippen LogP contribution is -2.20. The number of aromatic nitrogens is 3. The number of hydrogen-bond donors (Lipinski definition) is 0. The van der Waals surface area contributed by atoms with E-state index in [1.165, 1.54) is 19.2 Å². The number of ether oxygens (including phenoxy) is 1. The van der Waals surface area contributed by atoms with Gasteiger partial charge < -0.3 is 4.57 Å². The highest BCUT2D eigenvalue weighted by atomic mass is 35.5. The zero-order valence-corrected chi connectivity index (χ0v) is 17.1. The maximum Gasteiger partial charge on any atom is 0.522 e. The standard InChI is InChI=1S/C16H22F3N3O3S.ClH/c1-5-26(23,24)11-8-12-14(20-10-11)22(6-7-25-16(17,18)19)13(21-12)9-15(2,3)4;/h8,10H,5-7,9H2,1-4H3;1H. The molecule has 0 aliphatic heterocycles. The number of sulfone groups is 1. The number of halogens is 4. The lowest BCUT2D eigenvalue weighted by atomic mass is 9.92. The molecule has 0 fully saturated rings. The smallest absolute Gasteiger partial charge is 0.310 e. The van der Waals surface area contributed by atoms with E-state index < -0.39 is 22.8 Å². The Labute approximate surface area is 162 Å². The van der Waals surface area contributed by atoms with Gasteiger partial charge in [0.1, 0.15) is 11.3 Å². The van der Waals surface area contributed by atoms with Gasteiger partial charge in [0.2, 0.25) is 0 Å². The molecule has 0 aliphatic carbocycles. The fourth-order valence-electron chi connectivity index (χ4n) is 2.47. The van der Waals surface area contributed by atoms with Crippen LogP contribution in [0.1, 0.15) is 33.5 Å². The molecule has 0 unspecified atom stereocenters. The van der Waals surface area contributed by atoms with Crippen molar-refractivity contribution in [1.29, 1.82) is 0 Å². The zero-order chi connectivity index (χ0) is 19.8. The summed E-state index contributed by atoms with van der Waals surface area (Å²) in [5, 5.41) is 0. The van der Waals surface area contributed by atoms with E-state index in [0.717, 1.165) is 0 Å². The van der Waals surface area contributed by atoms with Crippen LogP contribution in [0, 0.1) is 5.41 Å². The SMILES string of the molecule is CCS(=O)(=O)c1cnc2c(c1)nc(CC(C)(C)C)n2CCOC(F)(F)F.Cl. The summed E-state index contributed by atoms with van der Waals surface area (Å²) in [7, 11) is -3.45. The molecule has 0 aliphatic rings. The second kappa shape index (κ2) is 8.32. The number of pyridine rings is 1. The Bertz CT molecular complexity index is 890. The summed E-state index contributed by atoms with van der Waals surface area (Å²) >= 11 is 0. The number of fused-ring (bicyclic) bond motifs is 1. The van der Waals surface area contributed by atoms with E-state index in [2.05, 4.69) is 14.7 Å². The molecular formula is C16H23ClF3N3O3S. The summed E-state index contributed by atoms with van der Waals surface area (Å²) < 4.78 is 66.3. The third kappa shape index (κ3) is 6.32. The molecule has 0 radical (unpaired) electrons. The number of hydrogen-bond acceptors (Lipinski definition) is 5. The number of imidazole rings is 1. The van der Waals surface area contributed by atoms with E-state index in [-0.39, 0.29) is 35.0 Å². The molecule has 154 valence electrons. The van der Waals surface area contributed by atoms with Crippen molar-refractivity contribution in [2.45, 2.75) is 51.9 Å². The van der Waals surface area contributed by atoms with E-state index in [0.29, 0.717) is 23.4 Å². The van der Waals surface area contributed by atoms with E-state index >= 15 is 0 Å². The normalized spacial score (nSPS) is 13.0. The molecule has 0 atom stereocenters. The van der Waals surface area contributed by atoms with Crippen LogP contribution in [0.25, 0.3) is 11.2 Å². The monoisotopic (exact) mass is 429 g/mol. The van der Waals surface area contributed by atoms with Gasteiger partial charge in [0.25, 0.3) is 0 Å². The van der Waals surface area contributed by atoms with Crippen LogP contribution in [0.4, 0.5) is 13.2 Å². The molecule has 27 heavy (non-hydrogen) atoms. The molecule has 2 aromatic heterocycles. The van der Waals surface area contributed by atoms with Gasteiger partial charge in [-0.15, -0.1) is 25.6 Å². The Morgan fingerprint density at radius 1 is 1.22 bits per heavy atom. The van der Waals surface area contributed by atoms with Gasteiger partial charge >= 0.3 is 6.36 Å². The fraction of sp³-hybridized carbons (Fsp3) is 0.625. The van der Waals surface area contributed by atoms with Crippen molar-refractivity contribution in [3.8, 4) is 0 Å². The van der Waals surface area contributed by atoms with Gasteiger partial charge in [-0.25, -0.2) is 18.4 Å². The maximum absolute atomic E-state index is 12.3. The van der Waals surface area contributed by atoms with Crippen molar-refractivity contribution < 1.29 is 26.3 Å².